The van der Waals surface area contributed by atoms with Crippen LogP contribution in [0.25, 0.3) is 11.8 Å². The first-order valence-corrected chi connectivity index (χ1v) is 11.6. The van der Waals surface area contributed by atoms with E-state index in [1.165, 1.54) is 13.2 Å². The number of nitrogens with one attached hydrogen (secondary N) is 1. The summed E-state index contributed by atoms with van der Waals surface area (Å²) < 4.78 is 6.63. The molecule has 9 heteroatoms. The second kappa shape index (κ2) is 9.83. The molecule has 0 spiro atoms. The average molecular weight is 506 g/mol. The van der Waals surface area contributed by atoms with Crippen LogP contribution in [-0.4, -0.2) is 35.5 Å². The zero-order chi connectivity index (χ0) is 26.1. The number of esters is 1. The molecule has 1 aliphatic heterocycles. The highest BCUT2D eigenvalue weighted by molar-refractivity contribution is 6.39. The van der Waals surface area contributed by atoms with Crippen LogP contribution in [0.1, 0.15) is 39.8 Å². The van der Waals surface area contributed by atoms with E-state index in [1.54, 1.807) is 43.3 Å². The van der Waals surface area contributed by atoms with Gasteiger partial charge < -0.3 is 9.30 Å². The summed E-state index contributed by atoms with van der Waals surface area (Å²) in [6, 6.07) is 12.8. The first-order chi connectivity index (χ1) is 17.2. The molecule has 4 amide bonds. The lowest BCUT2D eigenvalue weighted by Crippen LogP contribution is -2.54. The fourth-order valence-corrected chi connectivity index (χ4v) is 4.36. The minimum atomic E-state index is -0.803. The Bertz CT molecular complexity index is 1440. The van der Waals surface area contributed by atoms with Crippen LogP contribution in [-0.2, 0) is 20.7 Å². The second-order valence-electron chi connectivity index (χ2n) is 8.30. The predicted octanol–water partition coefficient (Wildman–Crippen LogP) is 4.76. The normalized spacial score (nSPS) is 14.9. The van der Waals surface area contributed by atoms with E-state index in [2.05, 4.69) is 5.32 Å². The number of rotatable bonds is 5. The van der Waals surface area contributed by atoms with Gasteiger partial charge in [-0.25, -0.2) is 14.5 Å². The van der Waals surface area contributed by atoms with Crippen LogP contribution in [0.4, 0.5) is 10.5 Å². The van der Waals surface area contributed by atoms with Gasteiger partial charge in [0, 0.05) is 11.4 Å². The van der Waals surface area contributed by atoms with Gasteiger partial charge in [-0.2, -0.15) is 0 Å². The molecule has 2 heterocycles. The highest BCUT2D eigenvalue weighted by atomic mass is 35.5. The molecule has 184 valence electrons. The van der Waals surface area contributed by atoms with Crippen LogP contribution < -0.4 is 10.2 Å². The first-order valence-electron chi connectivity index (χ1n) is 11.2. The molecule has 2 aromatic carbocycles. The van der Waals surface area contributed by atoms with Crippen LogP contribution in [0.15, 0.2) is 54.1 Å². The number of barbiturate groups is 1. The molecule has 0 aliphatic carbocycles. The van der Waals surface area contributed by atoms with Crippen molar-refractivity contribution in [2.45, 2.75) is 27.2 Å². The van der Waals surface area contributed by atoms with E-state index in [0.29, 0.717) is 33.2 Å². The van der Waals surface area contributed by atoms with Crippen molar-refractivity contribution in [1.82, 2.24) is 9.88 Å². The number of anilines is 1. The van der Waals surface area contributed by atoms with Crippen LogP contribution in [0.2, 0.25) is 5.02 Å². The number of hydrogen-bond acceptors (Lipinski definition) is 5. The SMILES string of the molecule is CCc1ccc(N2C(=O)NC(=O)/C(=C/c3cc(C)n(-c4cc(C(=O)OC)ccc4Cl)c3C)C2=O)cc1. The lowest BCUT2D eigenvalue weighted by atomic mass is 10.1. The van der Waals surface area contributed by atoms with E-state index in [1.807, 2.05) is 30.5 Å². The number of urea groups is 1. The molecule has 1 saturated heterocycles. The molecule has 0 unspecified atom stereocenters. The summed E-state index contributed by atoms with van der Waals surface area (Å²) in [5.74, 6) is -2.00. The van der Waals surface area contributed by atoms with Gasteiger partial charge >= 0.3 is 12.0 Å². The summed E-state index contributed by atoms with van der Waals surface area (Å²) in [6.45, 7) is 5.64. The van der Waals surface area contributed by atoms with Gasteiger partial charge in [0.15, 0.2) is 0 Å². The predicted molar refractivity (Wildman–Crippen MR) is 136 cm³/mol. The largest absolute Gasteiger partial charge is 0.465 e. The van der Waals surface area contributed by atoms with Crippen molar-refractivity contribution in [1.29, 1.82) is 0 Å². The maximum absolute atomic E-state index is 13.3. The molecule has 36 heavy (non-hydrogen) atoms. The molecule has 0 saturated carbocycles. The maximum Gasteiger partial charge on any atom is 0.337 e. The van der Waals surface area contributed by atoms with Crippen molar-refractivity contribution in [3.63, 3.8) is 0 Å². The fraction of sp³-hybridized carbons (Fsp3) is 0.185. The lowest BCUT2D eigenvalue weighted by Gasteiger charge is -2.26. The molecule has 0 radical (unpaired) electrons. The summed E-state index contributed by atoms with van der Waals surface area (Å²) in [5.41, 5.74) is 4.14. The molecule has 8 nitrogen and oxygen atoms in total. The third kappa shape index (κ3) is 4.43. The number of carbonyl (C=O) groups excluding carboxylic acids is 4. The zero-order valence-electron chi connectivity index (χ0n) is 20.2. The van der Waals surface area contributed by atoms with E-state index >= 15 is 0 Å². The Labute approximate surface area is 213 Å². The van der Waals surface area contributed by atoms with Gasteiger partial charge in [-0.05, 0) is 73.9 Å². The Morgan fingerprint density at radius 3 is 2.39 bits per heavy atom. The summed E-state index contributed by atoms with van der Waals surface area (Å²) in [5, 5.41) is 2.65. The zero-order valence-corrected chi connectivity index (χ0v) is 21.0. The van der Waals surface area contributed by atoms with E-state index in [4.69, 9.17) is 16.3 Å². The number of imide groups is 2. The third-order valence-corrected chi connectivity index (χ3v) is 6.40. The van der Waals surface area contributed by atoms with Gasteiger partial charge in [-0.1, -0.05) is 30.7 Å². The number of amides is 4. The molecule has 0 atom stereocenters. The van der Waals surface area contributed by atoms with E-state index in [0.717, 1.165) is 22.6 Å². The summed E-state index contributed by atoms with van der Waals surface area (Å²) in [6.07, 6.45) is 2.26. The standard InChI is InChI=1S/C27H24ClN3O5/c1-5-17-6-9-20(10-7-17)31-25(33)21(24(32)29-27(31)35)13-19-12-15(2)30(16(19)3)23-14-18(26(34)36-4)8-11-22(23)28/h6-14H,5H2,1-4H3,(H,29,32,35)/b21-13-. The highest BCUT2D eigenvalue weighted by Gasteiger charge is 2.37. The fourth-order valence-electron chi connectivity index (χ4n) is 4.16. The topological polar surface area (TPSA) is 97.7 Å². The van der Waals surface area contributed by atoms with Crippen LogP contribution in [0.3, 0.4) is 0 Å². The van der Waals surface area contributed by atoms with Gasteiger partial charge in [0.1, 0.15) is 5.57 Å². The third-order valence-electron chi connectivity index (χ3n) is 6.08. The number of aryl methyl sites for hydroxylation is 2. The van der Waals surface area contributed by atoms with Gasteiger partial charge in [0.05, 0.1) is 29.1 Å². The van der Waals surface area contributed by atoms with Gasteiger partial charge in [0.25, 0.3) is 11.8 Å². The summed E-state index contributed by atoms with van der Waals surface area (Å²) in [7, 11) is 1.30. The minimum Gasteiger partial charge on any atom is -0.465 e. The van der Waals surface area contributed by atoms with E-state index < -0.39 is 23.8 Å². The molecule has 3 aromatic rings. The van der Waals surface area contributed by atoms with Crippen molar-refractivity contribution in [2.24, 2.45) is 0 Å². The van der Waals surface area contributed by atoms with E-state index in [9.17, 15) is 19.2 Å². The summed E-state index contributed by atoms with van der Waals surface area (Å²) in [4.78, 5) is 51.4. The molecule has 4 rings (SSSR count). The Morgan fingerprint density at radius 2 is 1.75 bits per heavy atom. The van der Waals surface area contributed by atoms with Crippen molar-refractivity contribution < 1.29 is 23.9 Å². The number of methoxy groups -OCH3 is 1. The molecular weight excluding hydrogens is 482 g/mol. The molecule has 1 N–H and O–H groups in total. The summed E-state index contributed by atoms with van der Waals surface area (Å²) >= 11 is 6.44. The smallest absolute Gasteiger partial charge is 0.337 e. The monoisotopic (exact) mass is 505 g/mol. The van der Waals surface area contributed by atoms with Crippen LogP contribution in [0, 0.1) is 13.8 Å². The van der Waals surface area contributed by atoms with Gasteiger partial charge in [-0.3, -0.25) is 14.9 Å². The highest BCUT2D eigenvalue weighted by Crippen LogP contribution is 2.30. The Hall–Kier alpha value is -4.17. The Morgan fingerprint density at radius 1 is 1.06 bits per heavy atom. The molecule has 0 bridgehead atoms. The second-order valence-corrected chi connectivity index (χ2v) is 8.70. The number of benzene rings is 2. The van der Waals surface area contributed by atoms with Crippen molar-refractivity contribution in [2.75, 3.05) is 12.0 Å². The maximum atomic E-state index is 13.3. The van der Waals surface area contributed by atoms with Crippen LogP contribution >= 0.6 is 11.6 Å². The molecular formula is C27H24ClN3O5. The number of hydrogen-bond donors (Lipinski definition) is 1. The quantitative estimate of drug-likeness (QED) is 0.306. The van der Waals surface area contributed by atoms with Gasteiger partial charge in [0.2, 0.25) is 0 Å². The van der Waals surface area contributed by atoms with Crippen LogP contribution in [0.5, 0.6) is 0 Å². The van der Waals surface area contributed by atoms with Crippen molar-refractivity contribution in [3.05, 3.63) is 87.2 Å². The Balaban J connectivity index is 1.76. The first kappa shape index (κ1) is 24.9. The number of ether oxygens (including phenoxy) is 1. The lowest BCUT2D eigenvalue weighted by molar-refractivity contribution is -0.122. The molecule has 1 fully saturated rings. The average Bonchev–Trinajstić information content (AvgIpc) is 3.14. The number of carbonyl (C=O) groups is 4. The van der Waals surface area contributed by atoms with Crippen molar-refractivity contribution in [3.8, 4) is 5.69 Å². The molecule has 1 aromatic heterocycles. The number of halogens is 1. The minimum absolute atomic E-state index is 0.177. The number of aromatic nitrogens is 1. The Kier molecular flexibility index (Phi) is 6.81. The van der Waals surface area contributed by atoms with E-state index in [-0.39, 0.29) is 5.57 Å². The van der Waals surface area contributed by atoms with Crippen molar-refractivity contribution >= 4 is 47.2 Å². The van der Waals surface area contributed by atoms with Gasteiger partial charge in [-0.15, -0.1) is 0 Å². The number of nitrogens with zero attached hydrogens (tertiary/aromatic N) is 2. The molecule has 1 aliphatic rings.